The molecule has 23 heteroatoms. The van der Waals surface area contributed by atoms with Crippen molar-refractivity contribution < 1.29 is 46.9 Å². The monoisotopic (exact) mass is 644 g/mol. The van der Waals surface area contributed by atoms with Gasteiger partial charge in [-0.2, -0.15) is 4.98 Å². The van der Waals surface area contributed by atoms with Crippen LogP contribution in [0.3, 0.4) is 0 Å². The molecule has 43 heavy (non-hydrogen) atoms. The van der Waals surface area contributed by atoms with E-state index in [-0.39, 0.29) is 36.0 Å². The highest BCUT2D eigenvalue weighted by atomic mass is 31.2. The number of rotatable bonds is 10. The zero-order chi connectivity index (χ0) is 30.5. The number of hydrogen-bond acceptors (Lipinski definition) is 15. The molecule has 21 nitrogen and oxygen atoms in total. The Labute approximate surface area is 240 Å². The number of ether oxygens (including phenoxy) is 2. The van der Waals surface area contributed by atoms with Crippen molar-refractivity contribution in [2.24, 2.45) is 0 Å². The van der Waals surface area contributed by atoms with E-state index in [9.17, 15) is 28.6 Å². The third kappa shape index (κ3) is 6.31. The van der Waals surface area contributed by atoms with Crippen LogP contribution >= 0.6 is 15.6 Å². The SMILES string of the molecule is Nc1nc2c(ncn2C2CCC(COP(=O)(O)O[C@H]3CC(n4cnc5c(N)ncnc54)OC3COP(=O)(O)O)O2)c(=O)[nH]1. The average Bonchev–Trinajstić information content (AvgIpc) is 3.71. The first-order valence-corrected chi connectivity index (χ1v) is 15.7. The lowest BCUT2D eigenvalue weighted by Gasteiger charge is -2.22. The molecule has 6 rings (SSSR count). The lowest BCUT2D eigenvalue weighted by molar-refractivity contribution is -0.0476. The highest BCUT2D eigenvalue weighted by Gasteiger charge is 2.43. The van der Waals surface area contributed by atoms with E-state index < -0.39 is 58.6 Å². The molecule has 0 radical (unpaired) electrons. The molecule has 8 N–H and O–H groups in total. The molecule has 2 aliphatic heterocycles. The van der Waals surface area contributed by atoms with Gasteiger partial charge >= 0.3 is 15.6 Å². The summed E-state index contributed by atoms with van der Waals surface area (Å²) in [6, 6.07) is 0. The maximum Gasteiger partial charge on any atom is 0.472 e. The Morgan fingerprint density at radius 1 is 0.953 bits per heavy atom. The van der Waals surface area contributed by atoms with Gasteiger partial charge in [-0.15, -0.1) is 0 Å². The van der Waals surface area contributed by atoms with Gasteiger partial charge in [-0.25, -0.2) is 29.1 Å². The highest BCUT2D eigenvalue weighted by molar-refractivity contribution is 7.47. The van der Waals surface area contributed by atoms with E-state index >= 15 is 0 Å². The van der Waals surface area contributed by atoms with Crippen LogP contribution in [0.15, 0.2) is 23.8 Å². The second-order valence-electron chi connectivity index (χ2n) is 9.71. The zero-order valence-electron chi connectivity index (χ0n) is 21.9. The maximum absolute atomic E-state index is 13.0. The molecular weight excluding hydrogens is 618 g/mol. The molecule has 4 aromatic heterocycles. The molecule has 0 aliphatic carbocycles. The van der Waals surface area contributed by atoms with Crippen LogP contribution in [0.5, 0.6) is 0 Å². The first-order valence-electron chi connectivity index (χ1n) is 12.7. The number of nitrogen functional groups attached to an aromatic ring is 2. The molecule has 4 aromatic rings. The predicted octanol–water partition coefficient (Wildman–Crippen LogP) is -0.300. The van der Waals surface area contributed by atoms with Crippen LogP contribution in [0, 0.1) is 0 Å². The van der Waals surface area contributed by atoms with Crippen LogP contribution in [-0.2, 0) is 32.2 Å². The van der Waals surface area contributed by atoms with Crippen LogP contribution in [0.25, 0.3) is 22.3 Å². The summed E-state index contributed by atoms with van der Waals surface area (Å²) in [5, 5.41) is 0. The van der Waals surface area contributed by atoms with Crippen molar-refractivity contribution in [2.45, 2.75) is 50.0 Å². The van der Waals surface area contributed by atoms with Crippen molar-refractivity contribution in [3.63, 3.8) is 0 Å². The lowest BCUT2D eigenvalue weighted by atomic mass is 10.2. The Morgan fingerprint density at radius 2 is 1.70 bits per heavy atom. The van der Waals surface area contributed by atoms with Gasteiger partial charge in [-0.05, 0) is 12.8 Å². The predicted molar refractivity (Wildman–Crippen MR) is 143 cm³/mol. The first-order chi connectivity index (χ1) is 20.4. The van der Waals surface area contributed by atoms with E-state index in [0.717, 1.165) is 0 Å². The number of nitrogens with one attached hydrogen (secondary N) is 1. The van der Waals surface area contributed by atoms with Crippen LogP contribution in [-0.4, -0.2) is 85.2 Å². The molecule has 6 atom stereocenters. The molecule has 2 aliphatic rings. The number of H-pyrrole nitrogens is 1. The van der Waals surface area contributed by atoms with Gasteiger partial charge in [-0.3, -0.25) is 32.5 Å². The quantitative estimate of drug-likeness (QED) is 0.121. The fraction of sp³-hybridized carbons (Fsp3) is 0.500. The Balaban J connectivity index is 1.11. The van der Waals surface area contributed by atoms with Crippen LogP contribution in [0.1, 0.15) is 31.7 Å². The zero-order valence-corrected chi connectivity index (χ0v) is 23.7. The molecule has 0 aromatic carbocycles. The number of nitrogens with zero attached hydrogens (tertiary/aromatic N) is 7. The summed E-state index contributed by atoms with van der Waals surface area (Å²) in [5.74, 6) is 0.0348. The molecule has 232 valence electrons. The fourth-order valence-corrected chi connectivity index (χ4v) is 6.25. The van der Waals surface area contributed by atoms with E-state index in [1.54, 1.807) is 0 Å². The van der Waals surface area contributed by atoms with Gasteiger partial charge in [-0.1, -0.05) is 0 Å². The summed E-state index contributed by atoms with van der Waals surface area (Å²) in [4.78, 5) is 63.6. The maximum atomic E-state index is 13.0. The van der Waals surface area contributed by atoms with Gasteiger partial charge in [0, 0.05) is 6.42 Å². The Morgan fingerprint density at radius 3 is 2.47 bits per heavy atom. The average molecular weight is 644 g/mol. The molecule has 2 saturated heterocycles. The van der Waals surface area contributed by atoms with Crippen molar-refractivity contribution in [3.8, 4) is 0 Å². The molecular formula is C20H26N10O11P2. The van der Waals surface area contributed by atoms with Crippen LogP contribution in [0.4, 0.5) is 11.8 Å². The number of hydrogen-bond donors (Lipinski definition) is 6. The van der Waals surface area contributed by atoms with E-state index in [1.807, 2.05) is 0 Å². The summed E-state index contributed by atoms with van der Waals surface area (Å²) in [6.07, 6.45) is 0.304. The molecule has 6 heterocycles. The van der Waals surface area contributed by atoms with Crippen LogP contribution in [0.2, 0.25) is 0 Å². The van der Waals surface area contributed by atoms with E-state index in [0.29, 0.717) is 24.0 Å². The van der Waals surface area contributed by atoms with Gasteiger partial charge in [0.15, 0.2) is 22.6 Å². The van der Waals surface area contributed by atoms with E-state index in [1.165, 1.54) is 28.1 Å². The highest BCUT2D eigenvalue weighted by Crippen LogP contribution is 2.50. The summed E-state index contributed by atoms with van der Waals surface area (Å²) >= 11 is 0. The van der Waals surface area contributed by atoms with Crippen LogP contribution < -0.4 is 17.0 Å². The summed E-state index contributed by atoms with van der Waals surface area (Å²) in [7, 11) is -9.67. The summed E-state index contributed by atoms with van der Waals surface area (Å²) in [5.41, 5.74) is 11.9. The topological polar surface area (TPSA) is 300 Å². The van der Waals surface area contributed by atoms with Crippen molar-refractivity contribution in [1.29, 1.82) is 0 Å². The third-order valence-corrected chi connectivity index (χ3v) is 8.32. The van der Waals surface area contributed by atoms with E-state index in [4.69, 9.17) is 30.0 Å². The van der Waals surface area contributed by atoms with Gasteiger partial charge < -0.3 is 35.6 Å². The number of phosphoric ester groups is 2. The normalized spacial score (nSPS) is 26.0. The fourth-order valence-electron chi connectivity index (χ4n) is 4.93. The number of nitrogens with two attached hydrogens (primary N) is 2. The smallest absolute Gasteiger partial charge is 0.382 e. The third-order valence-electron chi connectivity index (χ3n) is 6.82. The second-order valence-corrected chi connectivity index (χ2v) is 12.4. The molecule has 0 spiro atoms. The Kier molecular flexibility index (Phi) is 7.80. The number of aromatic nitrogens is 8. The number of anilines is 2. The lowest BCUT2D eigenvalue weighted by Crippen LogP contribution is -2.28. The minimum atomic E-state index is -4.90. The van der Waals surface area contributed by atoms with E-state index in [2.05, 4.69) is 34.4 Å². The minimum Gasteiger partial charge on any atom is -0.382 e. The molecule has 0 saturated carbocycles. The van der Waals surface area contributed by atoms with Gasteiger partial charge in [0.1, 0.15) is 36.5 Å². The Hall–Kier alpha value is -3.36. The number of aromatic amines is 1. The molecule has 5 unspecified atom stereocenters. The number of fused-ring (bicyclic) bond motifs is 2. The van der Waals surface area contributed by atoms with Gasteiger partial charge in [0.2, 0.25) is 5.95 Å². The molecule has 0 bridgehead atoms. The van der Waals surface area contributed by atoms with Crippen molar-refractivity contribution in [1.82, 2.24) is 39.0 Å². The summed E-state index contributed by atoms with van der Waals surface area (Å²) < 4.78 is 54.3. The van der Waals surface area contributed by atoms with Gasteiger partial charge in [0.25, 0.3) is 5.56 Å². The molecule has 0 amide bonds. The number of imidazole rings is 2. The first kappa shape index (κ1) is 29.7. The summed E-state index contributed by atoms with van der Waals surface area (Å²) in [6.45, 7) is -1.00. The largest absolute Gasteiger partial charge is 0.472 e. The Bertz CT molecular complexity index is 1810. The minimum absolute atomic E-state index is 0.0660. The van der Waals surface area contributed by atoms with Crippen molar-refractivity contribution in [2.75, 3.05) is 24.7 Å². The van der Waals surface area contributed by atoms with Crippen molar-refractivity contribution in [3.05, 3.63) is 29.3 Å². The number of phosphoric acid groups is 2. The molecule has 2 fully saturated rings. The van der Waals surface area contributed by atoms with Crippen molar-refractivity contribution >= 4 is 49.7 Å². The standard InChI is InChI=1S/C20H26N10O11P2/c21-16-14-17(24-6-23-16)30(7-25-14)13-3-10(11(40-13)5-37-42(32,33)34)41-43(35,36)38-4-9-1-2-12(39-9)29-8-26-15-18(29)27-20(22)28-19(15)31/h6-13H,1-5H2,(H,35,36)(H2,21,23,24)(H2,32,33,34)(H3,22,27,28,31)/t9?,10-,11?,12?,13?/m0/s1. The second kappa shape index (κ2) is 11.3. The van der Waals surface area contributed by atoms with Gasteiger partial charge in [0.05, 0.1) is 32.0 Å².